The third-order valence-corrected chi connectivity index (χ3v) is 3.73. The molecule has 1 aromatic heterocycles. The summed E-state index contributed by atoms with van der Waals surface area (Å²) in [7, 11) is 1.54. The van der Waals surface area contributed by atoms with E-state index in [1.54, 1.807) is 18.2 Å². The van der Waals surface area contributed by atoms with E-state index in [-0.39, 0.29) is 12.5 Å². The van der Waals surface area contributed by atoms with Crippen molar-refractivity contribution in [3.8, 4) is 17.6 Å². The summed E-state index contributed by atoms with van der Waals surface area (Å²) in [5.74, 6) is 5.81. The van der Waals surface area contributed by atoms with Crippen molar-refractivity contribution in [3.63, 3.8) is 0 Å². The molecule has 2 rings (SSSR count). The zero-order valence-corrected chi connectivity index (χ0v) is 12.4. The highest BCUT2D eigenvalue weighted by atomic mass is 32.1. The Morgan fingerprint density at radius 1 is 1.33 bits per heavy atom. The van der Waals surface area contributed by atoms with E-state index in [2.05, 4.69) is 17.2 Å². The van der Waals surface area contributed by atoms with Gasteiger partial charge in [-0.3, -0.25) is 4.79 Å². The van der Waals surface area contributed by atoms with Crippen LogP contribution in [0.15, 0.2) is 36.4 Å². The van der Waals surface area contributed by atoms with E-state index in [0.29, 0.717) is 17.9 Å². The maximum Gasteiger partial charge on any atom is 0.255 e. The number of rotatable bonds is 4. The number of hydrogen-bond acceptors (Lipinski definition) is 4. The Bertz CT molecular complexity index is 682. The van der Waals surface area contributed by atoms with Crippen LogP contribution in [0.3, 0.4) is 0 Å². The van der Waals surface area contributed by atoms with Crippen molar-refractivity contribution >= 4 is 17.2 Å². The first-order valence-corrected chi connectivity index (χ1v) is 7.16. The highest BCUT2D eigenvalue weighted by molar-refractivity contribution is 7.12. The minimum atomic E-state index is -0.177. The van der Waals surface area contributed by atoms with Gasteiger partial charge in [-0.25, -0.2) is 0 Å². The van der Waals surface area contributed by atoms with Gasteiger partial charge in [0.15, 0.2) is 0 Å². The van der Waals surface area contributed by atoms with Crippen LogP contribution < -0.4 is 10.1 Å². The normalized spacial score (nSPS) is 9.62. The van der Waals surface area contributed by atoms with Crippen molar-refractivity contribution < 1.29 is 14.6 Å². The fourth-order valence-electron chi connectivity index (χ4n) is 1.76. The third kappa shape index (κ3) is 4.09. The molecule has 5 heteroatoms. The number of benzene rings is 1. The van der Waals surface area contributed by atoms with Crippen LogP contribution in [0.1, 0.15) is 20.1 Å². The Kier molecular flexibility index (Phi) is 5.38. The van der Waals surface area contributed by atoms with Gasteiger partial charge in [0.05, 0.1) is 24.1 Å². The fourth-order valence-corrected chi connectivity index (χ4v) is 2.58. The predicted octanol–water partition coefficient (Wildman–Crippen LogP) is 2.03. The van der Waals surface area contributed by atoms with E-state index in [0.717, 1.165) is 9.75 Å². The van der Waals surface area contributed by atoms with Crippen LogP contribution in [0.25, 0.3) is 0 Å². The number of para-hydroxylation sites is 1. The largest absolute Gasteiger partial charge is 0.496 e. The van der Waals surface area contributed by atoms with Crippen molar-refractivity contribution in [2.45, 2.75) is 6.54 Å². The molecular weight excluding hydrogens is 286 g/mol. The number of aliphatic hydroxyl groups is 1. The summed E-state index contributed by atoms with van der Waals surface area (Å²) in [5.41, 5.74) is 0.511. The monoisotopic (exact) mass is 301 g/mol. The van der Waals surface area contributed by atoms with Crippen LogP contribution in [0.2, 0.25) is 0 Å². The second-order valence-electron chi connectivity index (χ2n) is 4.11. The summed E-state index contributed by atoms with van der Waals surface area (Å²) in [6.07, 6.45) is 0. The average molecular weight is 301 g/mol. The van der Waals surface area contributed by atoms with Gasteiger partial charge in [-0.1, -0.05) is 24.0 Å². The molecule has 1 amide bonds. The topological polar surface area (TPSA) is 58.6 Å². The summed E-state index contributed by atoms with van der Waals surface area (Å²) in [6, 6.07) is 10.9. The molecule has 0 atom stereocenters. The lowest BCUT2D eigenvalue weighted by molar-refractivity contribution is 0.0948. The Hall–Kier alpha value is -2.29. The van der Waals surface area contributed by atoms with Gasteiger partial charge in [0.1, 0.15) is 12.4 Å². The van der Waals surface area contributed by atoms with Gasteiger partial charge < -0.3 is 15.2 Å². The standard InChI is InChI=1S/C16H15NO3S/c1-20-15-7-3-2-6-14(15)16(19)17-11-13-9-8-12(21-13)5-4-10-18/h2-3,6-9,18H,10-11H2,1H3,(H,17,19). The second-order valence-corrected chi connectivity index (χ2v) is 5.28. The molecule has 0 saturated carbocycles. The Morgan fingerprint density at radius 3 is 2.90 bits per heavy atom. The molecule has 1 heterocycles. The first-order chi connectivity index (χ1) is 10.2. The Morgan fingerprint density at radius 2 is 2.14 bits per heavy atom. The summed E-state index contributed by atoms with van der Waals surface area (Å²) < 4.78 is 5.17. The van der Waals surface area contributed by atoms with Crippen molar-refractivity contribution in [1.82, 2.24) is 5.32 Å². The first kappa shape index (κ1) is 15.1. The van der Waals surface area contributed by atoms with Crippen LogP contribution in [0, 0.1) is 11.8 Å². The van der Waals surface area contributed by atoms with Crippen LogP contribution in [0.4, 0.5) is 0 Å². The van der Waals surface area contributed by atoms with Gasteiger partial charge in [-0.2, -0.15) is 0 Å². The number of carbonyl (C=O) groups excluding carboxylic acids is 1. The summed E-state index contributed by atoms with van der Waals surface area (Å²) in [4.78, 5) is 14.0. The van der Waals surface area contributed by atoms with E-state index < -0.39 is 0 Å². The Balaban J connectivity index is 1.99. The summed E-state index contributed by atoms with van der Waals surface area (Å²) >= 11 is 1.49. The van der Waals surface area contributed by atoms with Gasteiger partial charge in [0.2, 0.25) is 0 Å². The van der Waals surface area contributed by atoms with Crippen molar-refractivity contribution in [3.05, 3.63) is 51.7 Å². The fraction of sp³-hybridized carbons (Fsp3) is 0.188. The number of methoxy groups -OCH3 is 1. The number of aliphatic hydroxyl groups excluding tert-OH is 1. The van der Waals surface area contributed by atoms with Gasteiger partial charge in [-0.15, -0.1) is 11.3 Å². The van der Waals surface area contributed by atoms with E-state index in [9.17, 15) is 4.79 Å². The smallest absolute Gasteiger partial charge is 0.255 e. The third-order valence-electron chi connectivity index (χ3n) is 2.73. The van der Waals surface area contributed by atoms with Gasteiger partial charge in [-0.05, 0) is 24.3 Å². The molecule has 0 saturated heterocycles. The SMILES string of the molecule is COc1ccccc1C(=O)NCc1ccc(C#CCO)s1. The first-order valence-electron chi connectivity index (χ1n) is 6.34. The zero-order chi connectivity index (χ0) is 15.1. The number of ether oxygens (including phenoxy) is 1. The molecule has 0 aliphatic heterocycles. The maximum absolute atomic E-state index is 12.1. The average Bonchev–Trinajstić information content (AvgIpc) is 2.98. The molecule has 0 fully saturated rings. The van der Waals surface area contributed by atoms with Crippen LogP contribution >= 0.6 is 11.3 Å². The van der Waals surface area contributed by atoms with E-state index >= 15 is 0 Å². The molecule has 0 aliphatic rings. The number of nitrogens with one attached hydrogen (secondary N) is 1. The number of hydrogen-bond donors (Lipinski definition) is 2. The minimum Gasteiger partial charge on any atom is -0.496 e. The zero-order valence-electron chi connectivity index (χ0n) is 11.6. The van der Waals surface area contributed by atoms with E-state index in [1.165, 1.54) is 18.4 Å². The Labute approximate surface area is 127 Å². The van der Waals surface area contributed by atoms with E-state index in [1.807, 2.05) is 18.2 Å². The van der Waals surface area contributed by atoms with Crippen molar-refractivity contribution in [2.24, 2.45) is 0 Å². The van der Waals surface area contributed by atoms with Gasteiger partial charge in [0.25, 0.3) is 5.91 Å². The second kappa shape index (κ2) is 7.48. The molecule has 1 aromatic carbocycles. The molecule has 2 N–H and O–H groups in total. The lowest BCUT2D eigenvalue weighted by atomic mass is 10.2. The summed E-state index contributed by atoms with van der Waals surface area (Å²) in [6.45, 7) is 0.278. The molecule has 4 nitrogen and oxygen atoms in total. The van der Waals surface area contributed by atoms with Crippen molar-refractivity contribution in [2.75, 3.05) is 13.7 Å². The molecule has 108 valence electrons. The molecule has 21 heavy (non-hydrogen) atoms. The lowest BCUT2D eigenvalue weighted by Gasteiger charge is -2.08. The quantitative estimate of drug-likeness (QED) is 0.850. The lowest BCUT2D eigenvalue weighted by Crippen LogP contribution is -2.22. The van der Waals surface area contributed by atoms with Gasteiger partial charge >= 0.3 is 0 Å². The van der Waals surface area contributed by atoms with Gasteiger partial charge in [0, 0.05) is 4.88 Å². The van der Waals surface area contributed by atoms with Crippen LogP contribution in [-0.4, -0.2) is 24.7 Å². The maximum atomic E-state index is 12.1. The number of thiophene rings is 1. The molecule has 0 unspecified atom stereocenters. The molecule has 2 aromatic rings. The number of carbonyl (C=O) groups is 1. The van der Waals surface area contributed by atoms with E-state index in [4.69, 9.17) is 9.84 Å². The summed E-state index contributed by atoms with van der Waals surface area (Å²) in [5, 5.41) is 11.5. The van der Waals surface area contributed by atoms with Crippen LogP contribution in [0.5, 0.6) is 5.75 Å². The minimum absolute atomic E-state index is 0.155. The molecular formula is C16H15NO3S. The van der Waals surface area contributed by atoms with Crippen LogP contribution in [-0.2, 0) is 6.54 Å². The number of amides is 1. The molecule has 0 spiro atoms. The highest BCUT2D eigenvalue weighted by Crippen LogP contribution is 2.18. The molecule has 0 bridgehead atoms. The molecule has 0 aliphatic carbocycles. The molecule has 0 radical (unpaired) electrons. The predicted molar refractivity (Wildman–Crippen MR) is 82.4 cm³/mol. The van der Waals surface area contributed by atoms with Crippen molar-refractivity contribution in [1.29, 1.82) is 0 Å². The highest BCUT2D eigenvalue weighted by Gasteiger charge is 2.11.